The molecule has 0 unspecified atom stereocenters. The molecule has 0 saturated heterocycles. The van der Waals surface area contributed by atoms with E-state index in [1.54, 1.807) is 6.26 Å². The van der Waals surface area contributed by atoms with Crippen molar-refractivity contribution in [2.75, 3.05) is 4.90 Å². The molecule has 1 heterocycles. The summed E-state index contributed by atoms with van der Waals surface area (Å²) in [5, 5.41) is 0. The molecule has 0 radical (unpaired) electrons. The van der Waals surface area contributed by atoms with Crippen molar-refractivity contribution in [3.05, 3.63) is 89.9 Å². The summed E-state index contributed by atoms with van der Waals surface area (Å²) in [7, 11) is 0. The van der Waals surface area contributed by atoms with Gasteiger partial charge in [-0.3, -0.25) is 0 Å². The molecule has 0 spiro atoms. The fourth-order valence-electron chi connectivity index (χ4n) is 2.39. The molecule has 0 saturated carbocycles. The second kappa shape index (κ2) is 6.31. The maximum absolute atomic E-state index is 5.51. The maximum atomic E-state index is 5.51. The van der Waals surface area contributed by atoms with Crippen LogP contribution in [0.2, 0.25) is 0 Å². The Morgan fingerprint density at radius 3 is 2.24 bits per heavy atom. The van der Waals surface area contributed by atoms with Crippen LogP contribution in [0.3, 0.4) is 0 Å². The van der Waals surface area contributed by atoms with Gasteiger partial charge in [0.2, 0.25) is 0 Å². The van der Waals surface area contributed by atoms with Crippen LogP contribution in [0.1, 0.15) is 16.9 Å². The lowest BCUT2D eigenvalue weighted by atomic mass is 10.1. The van der Waals surface area contributed by atoms with E-state index in [1.807, 2.05) is 18.2 Å². The minimum absolute atomic E-state index is 0.769. The van der Waals surface area contributed by atoms with E-state index < -0.39 is 0 Å². The minimum Gasteiger partial charge on any atom is -0.467 e. The lowest BCUT2D eigenvalue weighted by molar-refractivity contribution is 0.501. The second-order valence-corrected chi connectivity index (χ2v) is 5.26. The van der Waals surface area contributed by atoms with Crippen LogP contribution in [0.5, 0.6) is 0 Å². The van der Waals surface area contributed by atoms with Crippen molar-refractivity contribution in [3.63, 3.8) is 0 Å². The van der Waals surface area contributed by atoms with Gasteiger partial charge < -0.3 is 9.32 Å². The molecule has 3 aromatic rings. The van der Waals surface area contributed by atoms with Crippen LogP contribution in [-0.2, 0) is 13.1 Å². The van der Waals surface area contributed by atoms with Gasteiger partial charge in [-0.25, -0.2) is 0 Å². The molecule has 106 valence electrons. The molecule has 0 amide bonds. The van der Waals surface area contributed by atoms with Crippen LogP contribution in [0, 0.1) is 6.92 Å². The Labute approximate surface area is 125 Å². The van der Waals surface area contributed by atoms with Crippen molar-refractivity contribution in [2.45, 2.75) is 20.0 Å². The SMILES string of the molecule is Cc1ccc(N(Cc2ccccc2)Cc2ccco2)cc1. The van der Waals surface area contributed by atoms with Crippen molar-refractivity contribution in [3.8, 4) is 0 Å². The molecule has 2 heteroatoms. The zero-order valence-electron chi connectivity index (χ0n) is 12.2. The lowest BCUT2D eigenvalue weighted by Crippen LogP contribution is -2.21. The largest absolute Gasteiger partial charge is 0.467 e. The molecule has 3 rings (SSSR count). The van der Waals surface area contributed by atoms with Crippen LogP contribution >= 0.6 is 0 Å². The predicted molar refractivity (Wildman–Crippen MR) is 86.2 cm³/mol. The van der Waals surface area contributed by atoms with E-state index in [4.69, 9.17) is 4.42 Å². The van der Waals surface area contributed by atoms with Gasteiger partial charge in [-0.15, -0.1) is 0 Å². The summed E-state index contributed by atoms with van der Waals surface area (Å²) < 4.78 is 5.51. The first-order valence-corrected chi connectivity index (χ1v) is 7.19. The number of hydrogen-bond donors (Lipinski definition) is 0. The summed E-state index contributed by atoms with van der Waals surface area (Å²) >= 11 is 0. The van der Waals surface area contributed by atoms with Gasteiger partial charge >= 0.3 is 0 Å². The minimum atomic E-state index is 0.769. The highest BCUT2D eigenvalue weighted by Gasteiger charge is 2.09. The normalized spacial score (nSPS) is 10.5. The Bertz CT molecular complexity index is 657. The number of hydrogen-bond acceptors (Lipinski definition) is 2. The number of aryl methyl sites for hydroxylation is 1. The molecule has 2 nitrogen and oxygen atoms in total. The molecule has 0 aliphatic rings. The number of anilines is 1. The number of nitrogens with zero attached hydrogens (tertiary/aromatic N) is 1. The average molecular weight is 277 g/mol. The third-order valence-corrected chi connectivity index (χ3v) is 3.54. The number of rotatable bonds is 5. The van der Waals surface area contributed by atoms with E-state index in [0.717, 1.165) is 18.8 Å². The highest BCUT2D eigenvalue weighted by atomic mass is 16.3. The lowest BCUT2D eigenvalue weighted by Gasteiger charge is -2.24. The molecule has 0 bridgehead atoms. The Morgan fingerprint density at radius 1 is 0.810 bits per heavy atom. The number of furan rings is 1. The zero-order chi connectivity index (χ0) is 14.5. The molecular weight excluding hydrogens is 258 g/mol. The predicted octanol–water partition coefficient (Wildman–Crippen LogP) is 4.79. The van der Waals surface area contributed by atoms with Crippen LogP contribution in [0.4, 0.5) is 5.69 Å². The van der Waals surface area contributed by atoms with Crippen molar-refractivity contribution in [1.82, 2.24) is 0 Å². The first-order chi connectivity index (χ1) is 10.3. The zero-order valence-corrected chi connectivity index (χ0v) is 12.2. The van der Waals surface area contributed by atoms with E-state index in [9.17, 15) is 0 Å². The first-order valence-electron chi connectivity index (χ1n) is 7.19. The summed E-state index contributed by atoms with van der Waals surface area (Å²) in [4.78, 5) is 2.33. The molecule has 0 atom stereocenters. The third-order valence-electron chi connectivity index (χ3n) is 3.54. The van der Waals surface area contributed by atoms with Gasteiger partial charge in [-0.05, 0) is 36.8 Å². The van der Waals surface area contributed by atoms with Gasteiger partial charge in [0.15, 0.2) is 0 Å². The van der Waals surface area contributed by atoms with Gasteiger partial charge in [0.1, 0.15) is 5.76 Å². The van der Waals surface area contributed by atoms with Gasteiger partial charge in [-0.2, -0.15) is 0 Å². The topological polar surface area (TPSA) is 16.4 Å². The third kappa shape index (κ3) is 3.54. The van der Waals surface area contributed by atoms with Crippen LogP contribution in [0.15, 0.2) is 77.4 Å². The molecular formula is C19H19NO. The first kappa shape index (κ1) is 13.5. The monoisotopic (exact) mass is 277 g/mol. The van der Waals surface area contributed by atoms with Crippen LogP contribution < -0.4 is 4.90 Å². The molecule has 1 aromatic heterocycles. The van der Waals surface area contributed by atoms with Gasteiger partial charge in [0.25, 0.3) is 0 Å². The fraction of sp³-hybridized carbons (Fsp3) is 0.158. The standard InChI is InChI=1S/C19H19NO/c1-16-9-11-18(12-10-16)20(15-19-8-5-13-21-19)14-17-6-3-2-4-7-17/h2-13H,14-15H2,1H3. The van der Waals surface area contributed by atoms with Gasteiger partial charge in [0.05, 0.1) is 12.8 Å². The fourth-order valence-corrected chi connectivity index (χ4v) is 2.39. The molecule has 2 aromatic carbocycles. The number of benzene rings is 2. The van der Waals surface area contributed by atoms with Crippen molar-refractivity contribution in [1.29, 1.82) is 0 Å². The van der Waals surface area contributed by atoms with E-state index >= 15 is 0 Å². The summed E-state index contributed by atoms with van der Waals surface area (Å²) in [5.41, 5.74) is 3.78. The highest BCUT2D eigenvalue weighted by Crippen LogP contribution is 2.21. The van der Waals surface area contributed by atoms with Gasteiger partial charge in [-0.1, -0.05) is 48.0 Å². The van der Waals surface area contributed by atoms with Crippen molar-refractivity contribution >= 4 is 5.69 Å². The molecule has 21 heavy (non-hydrogen) atoms. The van der Waals surface area contributed by atoms with Crippen LogP contribution in [-0.4, -0.2) is 0 Å². The highest BCUT2D eigenvalue weighted by molar-refractivity contribution is 5.48. The summed E-state index contributed by atoms with van der Waals surface area (Å²) in [6.07, 6.45) is 1.73. The van der Waals surface area contributed by atoms with Gasteiger partial charge in [0, 0.05) is 12.2 Å². The second-order valence-electron chi connectivity index (χ2n) is 5.26. The molecule has 0 fully saturated rings. The van der Waals surface area contributed by atoms with E-state index in [1.165, 1.54) is 16.8 Å². The smallest absolute Gasteiger partial charge is 0.123 e. The van der Waals surface area contributed by atoms with Crippen LogP contribution in [0.25, 0.3) is 0 Å². The van der Waals surface area contributed by atoms with E-state index in [0.29, 0.717) is 0 Å². The van der Waals surface area contributed by atoms with Crippen molar-refractivity contribution < 1.29 is 4.42 Å². The Hall–Kier alpha value is -2.48. The van der Waals surface area contributed by atoms with E-state index in [-0.39, 0.29) is 0 Å². The molecule has 0 N–H and O–H groups in total. The Balaban J connectivity index is 1.85. The van der Waals surface area contributed by atoms with Crippen molar-refractivity contribution in [2.24, 2.45) is 0 Å². The maximum Gasteiger partial charge on any atom is 0.123 e. The molecule has 0 aliphatic carbocycles. The Kier molecular flexibility index (Phi) is 4.06. The molecule has 0 aliphatic heterocycles. The summed E-state index contributed by atoms with van der Waals surface area (Å²) in [6, 6.07) is 23.1. The van der Waals surface area contributed by atoms with E-state index in [2.05, 4.69) is 60.4 Å². The summed E-state index contributed by atoms with van der Waals surface area (Å²) in [5.74, 6) is 0.978. The Morgan fingerprint density at radius 2 is 1.57 bits per heavy atom. The quantitative estimate of drug-likeness (QED) is 0.666. The summed E-state index contributed by atoms with van der Waals surface area (Å²) in [6.45, 7) is 3.74. The average Bonchev–Trinajstić information content (AvgIpc) is 3.01.